The second kappa shape index (κ2) is 11.4. The summed E-state index contributed by atoms with van der Waals surface area (Å²) in [5, 5.41) is 14.9. The third-order valence-corrected chi connectivity index (χ3v) is 8.06. The Bertz CT molecular complexity index is 1450. The van der Waals surface area contributed by atoms with Crippen LogP contribution in [0, 0.1) is 0 Å². The molecule has 208 valence electrons. The van der Waals surface area contributed by atoms with E-state index in [-0.39, 0.29) is 11.6 Å². The van der Waals surface area contributed by atoms with Gasteiger partial charge in [0.25, 0.3) is 0 Å². The summed E-state index contributed by atoms with van der Waals surface area (Å²) in [6, 6.07) is 9.19. The van der Waals surface area contributed by atoms with Crippen molar-refractivity contribution in [2.24, 2.45) is 0 Å². The van der Waals surface area contributed by atoms with E-state index in [0.717, 1.165) is 5.56 Å². The van der Waals surface area contributed by atoms with E-state index < -0.39 is 58.6 Å². The van der Waals surface area contributed by atoms with Crippen LogP contribution < -0.4 is 10.6 Å². The second-order valence-corrected chi connectivity index (χ2v) is 11.5. The van der Waals surface area contributed by atoms with Crippen molar-refractivity contribution in [1.82, 2.24) is 24.8 Å². The number of urea groups is 1. The number of imidazole rings is 1. The number of ether oxygens (including phenoxy) is 3. The van der Waals surface area contributed by atoms with Crippen LogP contribution >= 0.6 is 0 Å². The summed E-state index contributed by atoms with van der Waals surface area (Å²) >= 11 is 0. The van der Waals surface area contributed by atoms with Gasteiger partial charge in [-0.2, -0.15) is 0 Å². The maximum atomic E-state index is 12.7. The summed E-state index contributed by atoms with van der Waals surface area (Å²) in [7, 11) is -3.67. The van der Waals surface area contributed by atoms with Crippen molar-refractivity contribution in [3.63, 3.8) is 0 Å². The molecule has 0 aliphatic carbocycles. The Morgan fingerprint density at radius 2 is 1.92 bits per heavy atom. The first kappa shape index (κ1) is 27.1. The summed E-state index contributed by atoms with van der Waals surface area (Å²) < 4.78 is 45.6. The third kappa shape index (κ3) is 6.09. The predicted octanol–water partition coefficient (Wildman–Crippen LogP) is 1.48. The highest BCUT2D eigenvalue weighted by Gasteiger charge is 2.54. The average molecular weight is 559 g/mol. The van der Waals surface area contributed by atoms with Gasteiger partial charge in [-0.05, 0) is 25.5 Å². The Labute approximate surface area is 225 Å². The minimum atomic E-state index is -3.67. The number of nitrogens with zero attached hydrogens (tertiary/aromatic N) is 4. The highest BCUT2D eigenvalue weighted by Crippen LogP contribution is 2.41. The molecule has 2 aliphatic rings. The number of carbonyl (C=O) groups excluding carboxylic acids is 1. The number of fused-ring (bicyclic) bond motifs is 2. The molecule has 0 spiro atoms. The van der Waals surface area contributed by atoms with Crippen molar-refractivity contribution in [1.29, 1.82) is 0 Å². The first-order valence-corrected chi connectivity index (χ1v) is 14.4. The third-order valence-electron chi connectivity index (χ3n) is 6.23. The van der Waals surface area contributed by atoms with Crippen molar-refractivity contribution in [3.05, 3.63) is 54.6 Å². The number of aliphatic hydroxyl groups is 1. The molecule has 13 nitrogen and oxygen atoms in total. The number of hydrogen-bond acceptors (Lipinski definition) is 10. The van der Waals surface area contributed by atoms with Crippen LogP contribution in [0.15, 0.2) is 49.1 Å². The Morgan fingerprint density at radius 1 is 1.15 bits per heavy atom. The fourth-order valence-corrected chi connectivity index (χ4v) is 6.33. The van der Waals surface area contributed by atoms with Gasteiger partial charge in [-0.25, -0.2) is 28.2 Å². The summed E-state index contributed by atoms with van der Waals surface area (Å²) in [4.78, 5) is 24.9. The molecule has 39 heavy (non-hydrogen) atoms. The van der Waals surface area contributed by atoms with Crippen LogP contribution in [0.25, 0.3) is 17.2 Å². The van der Waals surface area contributed by atoms with Gasteiger partial charge in [0, 0.05) is 6.54 Å². The lowest BCUT2D eigenvalue weighted by atomic mass is 10.1. The Balaban J connectivity index is 1.44. The molecule has 0 radical (unpaired) electrons. The van der Waals surface area contributed by atoms with Crippen molar-refractivity contribution >= 4 is 38.9 Å². The highest BCUT2D eigenvalue weighted by atomic mass is 32.2. The van der Waals surface area contributed by atoms with Crippen LogP contribution in [0.1, 0.15) is 25.6 Å². The van der Waals surface area contributed by atoms with Crippen molar-refractivity contribution in [3.8, 4) is 0 Å². The molecule has 6 unspecified atom stereocenters. The highest BCUT2D eigenvalue weighted by molar-refractivity contribution is 7.91. The molecule has 14 heteroatoms. The van der Waals surface area contributed by atoms with Crippen LogP contribution in [0.5, 0.6) is 0 Å². The number of anilines is 1. The van der Waals surface area contributed by atoms with Crippen molar-refractivity contribution in [2.75, 3.05) is 23.4 Å². The zero-order valence-electron chi connectivity index (χ0n) is 21.4. The summed E-state index contributed by atoms with van der Waals surface area (Å²) in [5.41, 5.74) is 1.64. The summed E-state index contributed by atoms with van der Waals surface area (Å²) in [6.45, 7) is 3.65. The fraction of sp³-hybridized carbons (Fsp3) is 0.440. The first-order valence-electron chi connectivity index (χ1n) is 12.5. The maximum absolute atomic E-state index is 12.7. The van der Waals surface area contributed by atoms with Gasteiger partial charge >= 0.3 is 6.03 Å². The topological polar surface area (TPSA) is 167 Å². The Morgan fingerprint density at radius 3 is 2.67 bits per heavy atom. The molecule has 6 atom stereocenters. The van der Waals surface area contributed by atoms with E-state index in [0.29, 0.717) is 17.7 Å². The summed E-state index contributed by atoms with van der Waals surface area (Å²) in [5.74, 6) is -0.550. The number of hydrogen-bond donors (Lipinski definition) is 3. The van der Waals surface area contributed by atoms with E-state index in [1.807, 2.05) is 36.4 Å². The lowest BCUT2D eigenvalue weighted by molar-refractivity contribution is -0.120. The summed E-state index contributed by atoms with van der Waals surface area (Å²) in [6.07, 6.45) is 1.53. The number of amides is 2. The van der Waals surface area contributed by atoms with Gasteiger partial charge < -0.3 is 24.6 Å². The van der Waals surface area contributed by atoms with Crippen LogP contribution in [0.4, 0.5) is 10.6 Å². The van der Waals surface area contributed by atoms with E-state index in [1.54, 1.807) is 17.6 Å². The van der Waals surface area contributed by atoms with E-state index >= 15 is 0 Å². The maximum Gasteiger partial charge on any atom is 0.320 e. The molecule has 2 amide bonds. The lowest BCUT2D eigenvalue weighted by Crippen LogP contribution is -2.36. The molecule has 2 saturated heterocycles. The fourth-order valence-electron chi connectivity index (χ4n) is 4.69. The molecule has 2 aliphatic heterocycles. The molecule has 2 aromatic heterocycles. The van der Waals surface area contributed by atoms with Gasteiger partial charge in [0.2, 0.25) is 0 Å². The number of rotatable bonds is 9. The molecule has 0 bridgehead atoms. The number of sulfone groups is 1. The van der Waals surface area contributed by atoms with Crippen molar-refractivity contribution in [2.45, 2.75) is 50.8 Å². The number of aliphatic hydroxyl groups excluding tert-OH is 1. The van der Waals surface area contributed by atoms with E-state index in [4.69, 9.17) is 14.2 Å². The standard InChI is InChI=1S/C25H30N6O7S/c1-3-26-25(33)30-22-19-23(28-13-27-22)31(14-29-19)24-21-20(17(36-24)12-39(34,35)11-15(2)32)37-18(38-21)10-9-16-7-5-4-6-8-16/h4-10,13-15,17-18,20-21,24,32H,3,11-12H2,1-2H3,(H2,26,27,28,30,33). The van der Waals surface area contributed by atoms with E-state index in [2.05, 4.69) is 25.6 Å². The molecule has 2 fully saturated rings. The molecule has 1 aromatic carbocycles. The van der Waals surface area contributed by atoms with E-state index in [1.165, 1.54) is 19.6 Å². The van der Waals surface area contributed by atoms with Gasteiger partial charge in [0.05, 0.1) is 23.9 Å². The normalized spacial score (nSPS) is 25.7. The van der Waals surface area contributed by atoms with Crippen LogP contribution in [-0.4, -0.2) is 87.8 Å². The van der Waals surface area contributed by atoms with Crippen LogP contribution in [0.2, 0.25) is 0 Å². The van der Waals surface area contributed by atoms with Gasteiger partial charge in [-0.15, -0.1) is 0 Å². The monoisotopic (exact) mass is 558 g/mol. The zero-order valence-corrected chi connectivity index (χ0v) is 22.2. The van der Waals surface area contributed by atoms with E-state index in [9.17, 15) is 18.3 Å². The Hall–Kier alpha value is -3.43. The average Bonchev–Trinajstić information content (AvgIpc) is 3.57. The molecular formula is C25H30N6O7S. The van der Waals surface area contributed by atoms with Crippen LogP contribution in [-0.2, 0) is 24.0 Å². The first-order chi connectivity index (χ1) is 18.7. The SMILES string of the molecule is CCNC(=O)Nc1ncnc2c1ncn2C1OC(CS(=O)(=O)CC(C)O)C2OC(C=Cc3ccccc3)OC21. The smallest absolute Gasteiger partial charge is 0.320 e. The number of nitrogens with one attached hydrogen (secondary N) is 2. The molecule has 3 N–H and O–H groups in total. The van der Waals surface area contributed by atoms with Gasteiger partial charge in [-0.3, -0.25) is 9.88 Å². The van der Waals surface area contributed by atoms with Gasteiger partial charge in [-0.1, -0.05) is 36.4 Å². The van der Waals surface area contributed by atoms with Crippen molar-refractivity contribution < 1.29 is 32.5 Å². The molecular weight excluding hydrogens is 528 g/mol. The largest absolute Gasteiger partial charge is 0.392 e. The quantitative estimate of drug-likeness (QED) is 0.350. The van der Waals surface area contributed by atoms with Gasteiger partial charge in [0.1, 0.15) is 24.6 Å². The molecule has 3 aromatic rings. The molecule has 0 saturated carbocycles. The Kier molecular flexibility index (Phi) is 7.91. The minimum absolute atomic E-state index is 0.211. The lowest BCUT2D eigenvalue weighted by Gasteiger charge is -2.20. The zero-order chi connectivity index (χ0) is 27.6. The second-order valence-electron chi connectivity index (χ2n) is 9.36. The molecule has 5 rings (SSSR count). The van der Waals surface area contributed by atoms with Gasteiger partial charge in [0.15, 0.2) is 39.3 Å². The predicted molar refractivity (Wildman–Crippen MR) is 141 cm³/mol. The number of carbonyl (C=O) groups is 1. The number of aromatic nitrogens is 4. The number of benzene rings is 1. The minimum Gasteiger partial charge on any atom is -0.392 e. The molecule has 4 heterocycles. The van der Waals surface area contributed by atoms with Crippen LogP contribution in [0.3, 0.4) is 0 Å².